The van der Waals surface area contributed by atoms with Crippen molar-refractivity contribution in [3.63, 3.8) is 0 Å². The quantitative estimate of drug-likeness (QED) is 0.303. The zero-order valence-corrected chi connectivity index (χ0v) is 13.1. The lowest BCUT2D eigenvalue weighted by Crippen LogP contribution is -2.39. The summed E-state index contributed by atoms with van der Waals surface area (Å²) in [6.07, 6.45) is -0.650. The fourth-order valence-corrected chi connectivity index (χ4v) is 2.14. The molecule has 130 valence electrons. The second-order valence-corrected chi connectivity index (χ2v) is 4.76. The molecule has 9 heteroatoms. The van der Waals surface area contributed by atoms with Gasteiger partial charge in [0.25, 0.3) is 0 Å². The largest absolute Gasteiger partial charge is 0.463 e. The molecule has 1 aromatic rings. The molecule has 0 aliphatic carbocycles. The summed E-state index contributed by atoms with van der Waals surface area (Å²) in [5.41, 5.74) is 0.156. The number of ketones is 1. The highest BCUT2D eigenvalue weighted by Crippen LogP contribution is 2.27. The van der Waals surface area contributed by atoms with Crippen LogP contribution in [0.4, 0.5) is 4.39 Å². The van der Waals surface area contributed by atoms with Gasteiger partial charge in [-0.05, 0) is 24.6 Å². The second kappa shape index (κ2) is 8.70. The molecule has 0 fully saturated rings. The van der Waals surface area contributed by atoms with Crippen LogP contribution < -0.4 is 0 Å². The van der Waals surface area contributed by atoms with Crippen molar-refractivity contribution in [3.05, 3.63) is 45.8 Å². The van der Waals surface area contributed by atoms with Crippen molar-refractivity contribution in [3.8, 4) is 0 Å². The summed E-state index contributed by atoms with van der Waals surface area (Å²) in [5.74, 6) is -5.26. The highest BCUT2D eigenvalue weighted by atomic mass is 19.1. The molecule has 0 amide bonds. The molecule has 0 heterocycles. The van der Waals surface area contributed by atoms with Gasteiger partial charge in [-0.15, -0.1) is 0 Å². The van der Waals surface area contributed by atoms with Gasteiger partial charge in [-0.25, -0.2) is 14.0 Å². The maximum Gasteiger partial charge on any atom is 0.382 e. The number of rotatable bonds is 8. The minimum absolute atomic E-state index is 0.0930. The molecule has 24 heavy (non-hydrogen) atoms. The Morgan fingerprint density at radius 1 is 1.25 bits per heavy atom. The second-order valence-electron chi connectivity index (χ2n) is 4.76. The van der Waals surface area contributed by atoms with Crippen molar-refractivity contribution in [2.75, 3.05) is 13.7 Å². The van der Waals surface area contributed by atoms with Gasteiger partial charge < -0.3 is 9.47 Å². The van der Waals surface area contributed by atoms with Gasteiger partial charge in [0.05, 0.1) is 19.6 Å². The van der Waals surface area contributed by atoms with E-state index in [0.717, 1.165) is 19.2 Å². The van der Waals surface area contributed by atoms with E-state index in [1.807, 2.05) is 0 Å². The van der Waals surface area contributed by atoms with Crippen LogP contribution in [0.3, 0.4) is 0 Å². The molecule has 0 radical (unpaired) electrons. The van der Waals surface area contributed by atoms with Crippen molar-refractivity contribution in [1.29, 1.82) is 0 Å². The number of carbonyl (C=O) groups excluding carboxylic acids is 3. The number of methoxy groups -OCH3 is 1. The number of carbonyl (C=O) groups is 3. The van der Waals surface area contributed by atoms with E-state index < -0.39 is 46.8 Å². The highest BCUT2D eigenvalue weighted by Gasteiger charge is 2.43. The van der Waals surface area contributed by atoms with E-state index in [1.54, 1.807) is 0 Å². The number of Topliss-reactive ketones (excluding diaryl/α,β-unsaturated/α-hetero) is 1. The molecule has 1 rings (SSSR count). The first-order chi connectivity index (χ1) is 11.3. The molecule has 8 nitrogen and oxygen atoms in total. The van der Waals surface area contributed by atoms with Crippen LogP contribution in [0.1, 0.15) is 24.8 Å². The van der Waals surface area contributed by atoms with Gasteiger partial charge in [0, 0.05) is 11.3 Å². The third-order valence-electron chi connectivity index (χ3n) is 3.25. The van der Waals surface area contributed by atoms with Crippen molar-refractivity contribution in [1.82, 2.24) is 0 Å². The Labute approximate surface area is 136 Å². The lowest BCUT2D eigenvalue weighted by Gasteiger charge is -2.19. The van der Waals surface area contributed by atoms with Crippen LogP contribution in [0.2, 0.25) is 0 Å². The predicted octanol–water partition coefficient (Wildman–Crippen LogP) is 1.25. The lowest BCUT2D eigenvalue weighted by atomic mass is 9.87. The Bertz CT molecular complexity index is 629. The summed E-state index contributed by atoms with van der Waals surface area (Å²) in [5, 5.41) is 11.3. The molecule has 0 bridgehead atoms. The van der Waals surface area contributed by atoms with Crippen LogP contribution in [-0.2, 0) is 23.9 Å². The van der Waals surface area contributed by atoms with E-state index in [9.17, 15) is 28.9 Å². The zero-order valence-electron chi connectivity index (χ0n) is 13.1. The van der Waals surface area contributed by atoms with Gasteiger partial charge in [0.1, 0.15) is 5.82 Å². The number of halogens is 1. The maximum absolute atomic E-state index is 13.1. The molecule has 1 aromatic carbocycles. The van der Waals surface area contributed by atoms with Crippen LogP contribution in [-0.4, -0.2) is 42.4 Å². The lowest BCUT2D eigenvalue weighted by molar-refractivity contribution is -0.514. The first-order valence-corrected chi connectivity index (χ1v) is 6.98. The third kappa shape index (κ3) is 4.83. The molecule has 0 aromatic heterocycles. The van der Waals surface area contributed by atoms with Crippen LogP contribution in [0.25, 0.3) is 0 Å². The summed E-state index contributed by atoms with van der Waals surface area (Å²) in [4.78, 5) is 45.5. The molecule has 0 saturated carbocycles. The van der Waals surface area contributed by atoms with Gasteiger partial charge >= 0.3 is 18.0 Å². The predicted molar refractivity (Wildman–Crippen MR) is 78.2 cm³/mol. The van der Waals surface area contributed by atoms with Crippen molar-refractivity contribution in [2.45, 2.75) is 25.3 Å². The smallest absolute Gasteiger partial charge is 0.382 e. The third-order valence-corrected chi connectivity index (χ3v) is 3.25. The van der Waals surface area contributed by atoms with Gasteiger partial charge in [-0.2, -0.15) is 0 Å². The van der Waals surface area contributed by atoms with E-state index in [0.29, 0.717) is 0 Å². The first-order valence-electron chi connectivity index (χ1n) is 6.98. The Kier molecular flexibility index (Phi) is 6.97. The Hall–Kier alpha value is -2.84. The van der Waals surface area contributed by atoms with E-state index in [2.05, 4.69) is 9.47 Å². The molecule has 0 aliphatic rings. The first kappa shape index (κ1) is 19.2. The SMILES string of the molecule is CCOC(=O)C([C@H](CC(=O)C(=O)OC)c1ccc(F)cc1)[N+](=O)[O-]. The highest BCUT2D eigenvalue weighted by molar-refractivity contribution is 6.33. The minimum Gasteiger partial charge on any atom is -0.463 e. The summed E-state index contributed by atoms with van der Waals surface area (Å²) in [6.45, 7) is 1.38. The Balaban J connectivity index is 3.26. The van der Waals surface area contributed by atoms with Crippen LogP contribution in [0.15, 0.2) is 24.3 Å². The van der Waals surface area contributed by atoms with E-state index in [4.69, 9.17) is 0 Å². The van der Waals surface area contributed by atoms with Gasteiger partial charge in [-0.1, -0.05) is 12.1 Å². The number of nitro groups is 1. The molecule has 0 N–H and O–H groups in total. The molecule has 0 spiro atoms. The standard InChI is InChI=1S/C15H16FNO7/c1-3-24-15(20)13(17(21)22)11(8-12(18)14(19)23-2)9-4-6-10(16)7-5-9/h4-7,11,13H,3,8H2,1-2H3/t11-,13?/m1/s1. The average Bonchev–Trinajstić information content (AvgIpc) is 2.54. The minimum atomic E-state index is -1.91. The van der Waals surface area contributed by atoms with Crippen LogP contribution >= 0.6 is 0 Å². The molecule has 1 unspecified atom stereocenters. The van der Waals surface area contributed by atoms with Gasteiger partial charge in [0.2, 0.25) is 5.78 Å². The number of nitrogens with zero attached hydrogens (tertiary/aromatic N) is 1. The van der Waals surface area contributed by atoms with E-state index in [-0.39, 0.29) is 12.2 Å². The van der Waals surface area contributed by atoms with Gasteiger partial charge in [0.15, 0.2) is 0 Å². The zero-order chi connectivity index (χ0) is 18.3. The van der Waals surface area contributed by atoms with Crippen molar-refractivity contribution < 1.29 is 33.2 Å². The number of ether oxygens (including phenoxy) is 2. The fraction of sp³-hybridized carbons (Fsp3) is 0.400. The number of hydrogen-bond donors (Lipinski definition) is 0. The summed E-state index contributed by atoms with van der Waals surface area (Å²) in [6, 6.07) is 2.57. The van der Waals surface area contributed by atoms with E-state index >= 15 is 0 Å². The molecule has 0 aliphatic heterocycles. The molecule has 0 saturated heterocycles. The number of benzene rings is 1. The van der Waals surface area contributed by atoms with Crippen molar-refractivity contribution >= 4 is 17.7 Å². The van der Waals surface area contributed by atoms with Crippen molar-refractivity contribution in [2.24, 2.45) is 0 Å². The molecular formula is C15H16FNO7. The fourth-order valence-electron chi connectivity index (χ4n) is 2.14. The number of hydrogen-bond acceptors (Lipinski definition) is 7. The maximum atomic E-state index is 13.1. The molecular weight excluding hydrogens is 325 g/mol. The Morgan fingerprint density at radius 3 is 2.29 bits per heavy atom. The topological polar surface area (TPSA) is 113 Å². The molecule has 2 atom stereocenters. The number of esters is 2. The van der Waals surface area contributed by atoms with Crippen LogP contribution in [0.5, 0.6) is 0 Å². The normalized spacial score (nSPS) is 12.8. The van der Waals surface area contributed by atoms with Gasteiger partial charge in [-0.3, -0.25) is 14.9 Å². The van der Waals surface area contributed by atoms with Crippen LogP contribution in [0, 0.1) is 15.9 Å². The Morgan fingerprint density at radius 2 is 1.83 bits per heavy atom. The van der Waals surface area contributed by atoms with E-state index in [1.165, 1.54) is 19.1 Å². The summed E-state index contributed by atoms with van der Waals surface area (Å²) < 4.78 is 22.0. The average molecular weight is 341 g/mol. The summed E-state index contributed by atoms with van der Waals surface area (Å²) >= 11 is 0. The summed E-state index contributed by atoms with van der Waals surface area (Å²) in [7, 11) is 0.990. The monoisotopic (exact) mass is 341 g/mol.